The minimum absolute atomic E-state index is 0.0545. The van der Waals surface area contributed by atoms with Crippen LogP contribution in [0.25, 0.3) is 0 Å². The fraction of sp³-hybridized carbons (Fsp3) is 0.273. The van der Waals surface area contributed by atoms with Gasteiger partial charge in [-0.3, -0.25) is 9.59 Å². The fourth-order valence-corrected chi connectivity index (χ4v) is 1.40. The third kappa shape index (κ3) is 5.14. The number of halogens is 1. The molecule has 0 heterocycles. The normalized spacial score (nSPS) is 11.7. The predicted octanol–water partition coefficient (Wildman–Crippen LogP) is 0.727. The molecule has 0 radical (unpaired) electrons. The maximum absolute atomic E-state index is 11.4. The summed E-state index contributed by atoms with van der Waals surface area (Å²) < 4.78 is 1.04. The zero-order valence-electron chi connectivity index (χ0n) is 9.24. The highest BCUT2D eigenvalue weighted by atomic mass is 127. The Hall–Kier alpha value is -1.15. The summed E-state index contributed by atoms with van der Waals surface area (Å²) in [5.41, 5.74) is 0.558. The van der Waals surface area contributed by atoms with Crippen molar-refractivity contribution in [1.29, 1.82) is 0 Å². The number of hydrogen-bond donors (Lipinski definition) is 3. The van der Waals surface area contributed by atoms with Gasteiger partial charge in [0.1, 0.15) is 0 Å². The Kier molecular flexibility index (Phi) is 5.36. The lowest BCUT2D eigenvalue weighted by molar-refractivity contribution is -0.136. The van der Waals surface area contributed by atoms with Gasteiger partial charge in [0.2, 0.25) is 0 Å². The lowest BCUT2D eigenvalue weighted by Gasteiger charge is -2.07. The molecular weight excluding hydrogens is 335 g/mol. The number of carbonyl (C=O) groups excluding carboxylic acids is 2. The van der Waals surface area contributed by atoms with E-state index >= 15 is 0 Å². The summed E-state index contributed by atoms with van der Waals surface area (Å²) in [7, 11) is 0. The summed E-state index contributed by atoms with van der Waals surface area (Å²) in [6.07, 6.45) is -0.676. The second-order valence-electron chi connectivity index (χ2n) is 3.52. The molecule has 2 amide bonds. The molecule has 0 saturated heterocycles. The molecule has 17 heavy (non-hydrogen) atoms. The van der Waals surface area contributed by atoms with Crippen LogP contribution in [0.4, 0.5) is 5.69 Å². The van der Waals surface area contributed by atoms with E-state index in [1.165, 1.54) is 6.92 Å². The molecule has 1 aromatic carbocycles. The maximum Gasteiger partial charge on any atom is 0.313 e. The zero-order valence-corrected chi connectivity index (χ0v) is 11.4. The standard InChI is InChI=1S/C11H13IN2O3/c1-7(15)6-13-10(16)11(17)14-9-4-2-8(12)3-5-9/h2-5,7,15H,6H2,1H3,(H,13,16)(H,14,17). The van der Waals surface area contributed by atoms with E-state index in [0.29, 0.717) is 5.69 Å². The van der Waals surface area contributed by atoms with Crippen LogP contribution < -0.4 is 10.6 Å². The number of aliphatic hydroxyl groups excluding tert-OH is 1. The van der Waals surface area contributed by atoms with Gasteiger partial charge in [0, 0.05) is 15.8 Å². The molecular formula is C11H13IN2O3. The lowest BCUT2D eigenvalue weighted by Crippen LogP contribution is -2.38. The van der Waals surface area contributed by atoms with Crippen LogP contribution in [0.1, 0.15) is 6.92 Å². The van der Waals surface area contributed by atoms with Crippen molar-refractivity contribution in [2.75, 3.05) is 11.9 Å². The quantitative estimate of drug-likeness (QED) is 0.557. The monoisotopic (exact) mass is 348 g/mol. The molecule has 3 N–H and O–H groups in total. The van der Waals surface area contributed by atoms with Crippen molar-refractivity contribution in [2.45, 2.75) is 13.0 Å². The van der Waals surface area contributed by atoms with Crippen LogP contribution in [0.3, 0.4) is 0 Å². The molecule has 0 fully saturated rings. The summed E-state index contributed by atoms with van der Waals surface area (Å²) in [4.78, 5) is 22.7. The van der Waals surface area contributed by atoms with Gasteiger partial charge >= 0.3 is 11.8 Å². The Labute approximate surface area is 113 Å². The van der Waals surface area contributed by atoms with Crippen molar-refractivity contribution in [3.05, 3.63) is 27.8 Å². The third-order valence-corrected chi connectivity index (χ3v) is 2.59. The van der Waals surface area contributed by atoms with Gasteiger partial charge in [0.25, 0.3) is 0 Å². The first-order valence-corrected chi connectivity index (χ1v) is 6.09. The Morgan fingerprint density at radius 3 is 2.41 bits per heavy atom. The Bertz CT molecular complexity index is 404. The Morgan fingerprint density at radius 1 is 1.29 bits per heavy atom. The topological polar surface area (TPSA) is 78.4 Å². The highest BCUT2D eigenvalue weighted by Crippen LogP contribution is 2.10. The molecule has 0 aliphatic carbocycles. The summed E-state index contributed by atoms with van der Waals surface area (Å²) in [6.45, 7) is 1.58. The molecule has 0 aliphatic rings. The van der Waals surface area contributed by atoms with E-state index in [-0.39, 0.29) is 6.54 Å². The van der Waals surface area contributed by atoms with Crippen LogP contribution >= 0.6 is 22.6 Å². The Balaban J connectivity index is 2.48. The van der Waals surface area contributed by atoms with E-state index in [0.717, 1.165) is 3.57 Å². The molecule has 1 aromatic rings. The number of aliphatic hydroxyl groups is 1. The average molecular weight is 348 g/mol. The van der Waals surface area contributed by atoms with Crippen LogP contribution in [0, 0.1) is 3.57 Å². The number of nitrogens with one attached hydrogen (secondary N) is 2. The molecule has 0 saturated carbocycles. The SMILES string of the molecule is CC(O)CNC(=O)C(=O)Nc1ccc(I)cc1. The maximum atomic E-state index is 11.4. The van der Waals surface area contributed by atoms with E-state index in [2.05, 4.69) is 33.2 Å². The smallest absolute Gasteiger partial charge is 0.313 e. The van der Waals surface area contributed by atoms with Gasteiger partial charge in [-0.1, -0.05) is 0 Å². The van der Waals surface area contributed by atoms with Crippen molar-refractivity contribution in [1.82, 2.24) is 5.32 Å². The van der Waals surface area contributed by atoms with E-state index in [4.69, 9.17) is 5.11 Å². The third-order valence-electron chi connectivity index (χ3n) is 1.87. The van der Waals surface area contributed by atoms with Crippen LogP contribution in [-0.2, 0) is 9.59 Å². The molecule has 0 spiro atoms. The number of benzene rings is 1. The second-order valence-corrected chi connectivity index (χ2v) is 4.77. The molecule has 0 aromatic heterocycles. The Morgan fingerprint density at radius 2 is 1.88 bits per heavy atom. The van der Waals surface area contributed by atoms with E-state index in [1.54, 1.807) is 12.1 Å². The summed E-state index contributed by atoms with van der Waals surface area (Å²) in [5.74, 6) is -1.50. The van der Waals surface area contributed by atoms with E-state index in [9.17, 15) is 9.59 Å². The van der Waals surface area contributed by atoms with Crippen molar-refractivity contribution in [3.8, 4) is 0 Å². The van der Waals surface area contributed by atoms with Crippen molar-refractivity contribution >= 4 is 40.1 Å². The van der Waals surface area contributed by atoms with Crippen molar-refractivity contribution in [2.24, 2.45) is 0 Å². The van der Waals surface area contributed by atoms with E-state index < -0.39 is 17.9 Å². The number of carbonyl (C=O) groups is 2. The first-order valence-electron chi connectivity index (χ1n) is 5.02. The van der Waals surface area contributed by atoms with Gasteiger partial charge in [-0.25, -0.2) is 0 Å². The zero-order chi connectivity index (χ0) is 12.8. The van der Waals surface area contributed by atoms with Crippen molar-refractivity contribution < 1.29 is 14.7 Å². The van der Waals surface area contributed by atoms with Crippen LogP contribution in [0.5, 0.6) is 0 Å². The highest BCUT2D eigenvalue weighted by molar-refractivity contribution is 14.1. The second kappa shape index (κ2) is 6.55. The molecule has 0 aliphatic heterocycles. The molecule has 1 rings (SSSR count). The highest BCUT2D eigenvalue weighted by Gasteiger charge is 2.13. The number of hydrogen-bond acceptors (Lipinski definition) is 3. The summed E-state index contributed by atoms with van der Waals surface area (Å²) in [5, 5.41) is 13.7. The number of amides is 2. The molecule has 1 atom stereocenters. The number of rotatable bonds is 3. The van der Waals surface area contributed by atoms with Crippen molar-refractivity contribution in [3.63, 3.8) is 0 Å². The van der Waals surface area contributed by atoms with Gasteiger partial charge in [-0.2, -0.15) is 0 Å². The minimum atomic E-state index is -0.760. The summed E-state index contributed by atoms with van der Waals surface area (Å²) >= 11 is 2.14. The first kappa shape index (κ1) is 13.9. The average Bonchev–Trinajstić information content (AvgIpc) is 2.28. The van der Waals surface area contributed by atoms with Crippen LogP contribution in [0.15, 0.2) is 24.3 Å². The van der Waals surface area contributed by atoms with Gasteiger partial charge in [0.15, 0.2) is 0 Å². The van der Waals surface area contributed by atoms with Crippen LogP contribution in [0.2, 0.25) is 0 Å². The number of anilines is 1. The van der Waals surface area contributed by atoms with E-state index in [1.807, 2.05) is 12.1 Å². The largest absolute Gasteiger partial charge is 0.392 e. The van der Waals surface area contributed by atoms with Gasteiger partial charge in [-0.15, -0.1) is 0 Å². The predicted molar refractivity (Wildman–Crippen MR) is 72.5 cm³/mol. The molecule has 5 nitrogen and oxygen atoms in total. The van der Waals surface area contributed by atoms with Gasteiger partial charge in [0.05, 0.1) is 6.10 Å². The van der Waals surface area contributed by atoms with Gasteiger partial charge in [-0.05, 0) is 53.8 Å². The first-order chi connectivity index (χ1) is 7.99. The molecule has 0 bridgehead atoms. The fourth-order valence-electron chi connectivity index (χ4n) is 1.04. The molecule has 6 heteroatoms. The van der Waals surface area contributed by atoms with Gasteiger partial charge < -0.3 is 15.7 Å². The molecule has 92 valence electrons. The molecule has 1 unspecified atom stereocenters. The van der Waals surface area contributed by atoms with Crippen LogP contribution in [-0.4, -0.2) is 29.6 Å². The lowest BCUT2D eigenvalue weighted by atomic mass is 10.3. The summed E-state index contributed by atoms with van der Waals surface area (Å²) in [6, 6.07) is 7.07. The minimum Gasteiger partial charge on any atom is -0.392 e.